The van der Waals surface area contributed by atoms with Crippen molar-refractivity contribution in [1.29, 1.82) is 0 Å². The second-order valence-corrected chi connectivity index (χ2v) is 3.43. The summed E-state index contributed by atoms with van der Waals surface area (Å²) >= 11 is 0. The molecule has 68 valence electrons. The molecule has 0 aromatic rings. The van der Waals surface area contributed by atoms with E-state index >= 15 is 0 Å². The van der Waals surface area contributed by atoms with Gasteiger partial charge in [-0.15, -0.1) is 0 Å². The minimum absolute atomic E-state index is 0.167. The van der Waals surface area contributed by atoms with E-state index in [-0.39, 0.29) is 11.8 Å². The van der Waals surface area contributed by atoms with E-state index in [4.69, 9.17) is 10.8 Å². The van der Waals surface area contributed by atoms with Gasteiger partial charge in [0.25, 0.3) is 0 Å². The molecule has 0 saturated carbocycles. The average molecular weight is 169 g/mol. The number of allylic oxidation sites excluding steroid dienone is 1. The van der Waals surface area contributed by atoms with E-state index in [1.165, 1.54) is 0 Å². The molecule has 0 amide bonds. The fraction of sp³-hybridized carbons (Fsp3) is 0.667. The summed E-state index contributed by atoms with van der Waals surface area (Å²) in [5.74, 6) is -0.757. The summed E-state index contributed by atoms with van der Waals surface area (Å²) in [7, 11) is 0. The first-order chi connectivity index (χ1) is 5.68. The molecule has 3 N–H and O–H groups in total. The van der Waals surface area contributed by atoms with Gasteiger partial charge < -0.3 is 10.8 Å². The van der Waals surface area contributed by atoms with Gasteiger partial charge in [-0.25, -0.2) is 0 Å². The molecule has 1 rings (SSSR count). The Morgan fingerprint density at radius 3 is 2.83 bits per heavy atom. The van der Waals surface area contributed by atoms with Gasteiger partial charge in [-0.05, 0) is 19.3 Å². The Hall–Kier alpha value is -0.830. The molecule has 3 heteroatoms. The number of carbonyl (C=O) groups is 1. The molecule has 0 radical (unpaired) electrons. The van der Waals surface area contributed by atoms with Crippen molar-refractivity contribution in [2.24, 2.45) is 11.1 Å². The van der Waals surface area contributed by atoms with Gasteiger partial charge in [0.1, 0.15) is 0 Å². The van der Waals surface area contributed by atoms with Crippen LogP contribution >= 0.6 is 0 Å². The zero-order valence-electron chi connectivity index (χ0n) is 7.12. The van der Waals surface area contributed by atoms with E-state index in [2.05, 4.69) is 0 Å². The second kappa shape index (κ2) is 3.72. The average Bonchev–Trinajstić information content (AvgIpc) is 2.05. The van der Waals surface area contributed by atoms with Crippen LogP contribution in [0.25, 0.3) is 0 Å². The predicted octanol–water partition coefficient (Wildman–Crippen LogP) is 1.15. The van der Waals surface area contributed by atoms with Crippen molar-refractivity contribution in [2.45, 2.75) is 25.7 Å². The van der Waals surface area contributed by atoms with Crippen molar-refractivity contribution in [3.63, 3.8) is 0 Å². The minimum atomic E-state index is -0.757. The zero-order chi connectivity index (χ0) is 9.03. The highest BCUT2D eigenvalue weighted by Crippen LogP contribution is 2.33. The lowest BCUT2D eigenvalue weighted by atomic mass is 9.76. The first-order valence-electron chi connectivity index (χ1n) is 4.28. The first-order valence-corrected chi connectivity index (χ1v) is 4.28. The van der Waals surface area contributed by atoms with Crippen molar-refractivity contribution >= 4 is 5.97 Å². The Labute approximate surface area is 72.3 Å². The maximum Gasteiger partial charge on any atom is 0.304 e. The van der Waals surface area contributed by atoms with Gasteiger partial charge in [0.05, 0.1) is 6.42 Å². The number of aliphatic carboxylic acids is 1. The summed E-state index contributed by atoms with van der Waals surface area (Å²) in [5, 5.41) is 8.67. The van der Waals surface area contributed by atoms with Gasteiger partial charge in [0, 0.05) is 12.0 Å². The molecular formula is C9H15NO2. The van der Waals surface area contributed by atoms with E-state index in [0.717, 1.165) is 19.3 Å². The minimum Gasteiger partial charge on any atom is -0.481 e. The molecule has 1 aliphatic rings. The standard InChI is InChI=1S/C9H15NO2/c10-7-9(6-8(11)12)4-2-1-3-5-9/h2,4H,1,3,5-7,10H2,(H,11,12). The van der Waals surface area contributed by atoms with Crippen molar-refractivity contribution in [2.75, 3.05) is 6.54 Å². The Balaban J connectivity index is 2.66. The topological polar surface area (TPSA) is 63.3 Å². The number of rotatable bonds is 3. The lowest BCUT2D eigenvalue weighted by molar-refractivity contribution is -0.139. The predicted molar refractivity (Wildman–Crippen MR) is 46.7 cm³/mol. The third-order valence-corrected chi connectivity index (χ3v) is 2.43. The van der Waals surface area contributed by atoms with Gasteiger partial charge in [0.15, 0.2) is 0 Å². The molecular weight excluding hydrogens is 154 g/mol. The molecule has 0 fully saturated rings. The summed E-state index contributed by atoms with van der Waals surface area (Å²) in [6.45, 7) is 0.440. The summed E-state index contributed by atoms with van der Waals surface area (Å²) < 4.78 is 0. The van der Waals surface area contributed by atoms with E-state index in [1.807, 2.05) is 12.2 Å². The molecule has 0 aromatic heterocycles. The van der Waals surface area contributed by atoms with Crippen molar-refractivity contribution in [1.82, 2.24) is 0 Å². The van der Waals surface area contributed by atoms with E-state index in [1.54, 1.807) is 0 Å². The highest BCUT2D eigenvalue weighted by molar-refractivity contribution is 5.68. The lowest BCUT2D eigenvalue weighted by Gasteiger charge is -2.30. The Morgan fingerprint density at radius 1 is 1.67 bits per heavy atom. The van der Waals surface area contributed by atoms with Crippen LogP contribution in [-0.2, 0) is 4.79 Å². The summed E-state index contributed by atoms with van der Waals surface area (Å²) in [5.41, 5.74) is 5.31. The van der Waals surface area contributed by atoms with Crippen LogP contribution in [0.15, 0.2) is 12.2 Å². The van der Waals surface area contributed by atoms with Gasteiger partial charge in [-0.2, -0.15) is 0 Å². The van der Waals surface area contributed by atoms with Crippen LogP contribution in [-0.4, -0.2) is 17.6 Å². The summed E-state index contributed by atoms with van der Waals surface area (Å²) in [4.78, 5) is 10.5. The molecule has 0 saturated heterocycles. The molecule has 0 spiro atoms. The number of carboxylic acids is 1. The maximum atomic E-state index is 10.5. The molecule has 3 nitrogen and oxygen atoms in total. The Kier molecular flexibility index (Phi) is 2.87. The summed E-state index contributed by atoms with van der Waals surface area (Å²) in [6, 6.07) is 0. The Morgan fingerprint density at radius 2 is 2.42 bits per heavy atom. The van der Waals surface area contributed by atoms with Crippen LogP contribution in [0.5, 0.6) is 0 Å². The first kappa shape index (κ1) is 9.26. The normalized spacial score (nSPS) is 28.8. The molecule has 0 heterocycles. The number of carboxylic acid groups (broad SMARTS) is 1. The van der Waals surface area contributed by atoms with Crippen LogP contribution in [0, 0.1) is 5.41 Å². The third kappa shape index (κ3) is 2.08. The van der Waals surface area contributed by atoms with Crippen LogP contribution in [0.4, 0.5) is 0 Å². The second-order valence-electron chi connectivity index (χ2n) is 3.43. The highest BCUT2D eigenvalue weighted by atomic mass is 16.4. The monoisotopic (exact) mass is 169 g/mol. The van der Waals surface area contributed by atoms with Crippen molar-refractivity contribution < 1.29 is 9.90 Å². The number of nitrogens with two attached hydrogens (primary N) is 1. The Bertz CT molecular complexity index is 201. The molecule has 0 aromatic carbocycles. The lowest BCUT2D eigenvalue weighted by Crippen LogP contribution is -2.32. The SMILES string of the molecule is NCC1(CC(=O)O)C=CCCC1. The molecule has 1 atom stereocenters. The quantitative estimate of drug-likeness (QED) is 0.623. The van der Waals surface area contributed by atoms with Crippen molar-refractivity contribution in [3.05, 3.63) is 12.2 Å². The van der Waals surface area contributed by atoms with Gasteiger partial charge >= 0.3 is 5.97 Å². The smallest absolute Gasteiger partial charge is 0.304 e. The van der Waals surface area contributed by atoms with Gasteiger partial charge in [0.2, 0.25) is 0 Å². The molecule has 1 unspecified atom stereocenters. The van der Waals surface area contributed by atoms with E-state index in [9.17, 15) is 4.79 Å². The molecule has 0 aliphatic heterocycles. The largest absolute Gasteiger partial charge is 0.481 e. The van der Waals surface area contributed by atoms with Crippen LogP contribution in [0.2, 0.25) is 0 Å². The number of hydrogen-bond donors (Lipinski definition) is 2. The van der Waals surface area contributed by atoms with Crippen molar-refractivity contribution in [3.8, 4) is 0 Å². The third-order valence-electron chi connectivity index (χ3n) is 2.43. The van der Waals surface area contributed by atoms with Gasteiger partial charge in [-0.1, -0.05) is 12.2 Å². The molecule has 0 bridgehead atoms. The van der Waals surface area contributed by atoms with Crippen LogP contribution in [0.1, 0.15) is 25.7 Å². The number of hydrogen-bond acceptors (Lipinski definition) is 2. The van der Waals surface area contributed by atoms with Crippen LogP contribution in [0.3, 0.4) is 0 Å². The maximum absolute atomic E-state index is 10.5. The van der Waals surface area contributed by atoms with Gasteiger partial charge in [-0.3, -0.25) is 4.79 Å². The summed E-state index contributed by atoms with van der Waals surface area (Å²) in [6.07, 6.45) is 7.21. The molecule has 1 aliphatic carbocycles. The van der Waals surface area contributed by atoms with E-state index < -0.39 is 5.97 Å². The van der Waals surface area contributed by atoms with Crippen LogP contribution < -0.4 is 5.73 Å². The highest BCUT2D eigenvalue weighted by Gasteiger charge is 2.29. The van der Waals surface area contributed by atoms with E-state index in [0.29, 0.717) is 6.54 Å². The fourth-order valence-corrected chi connectivity index (χ4v) is 1.68. The molecule has 12 heavy (non-hydrogen) atoms. The zero-order valence-corrected chi connectivity index (χ0v) is 7.12. The fourth-order valence-electron chi connectivity index (χ4n) is 1.68.